The fourth-order valence-electron chi connectivity index (χ4n) is 6.45. The Bertz CT molecular complexity index is 1700. The third-order valence-corrected chi connectivity index (χ3v) is 9.43. The van der Waals surface area contributed by atoms with Gasteiger partial charge in [0.2, 0.25) is 17.6 Å². The molecule has 5 N–H and O–H groups in total. The second-order valence-corrected chi connectivity index (χ2v) is 12.7. The number of amides is 3. The maximum atomic E-state index is 13.7. The molecule has 1 aliphatic carbocycles. The first-order chi connectivity index (χ1) is 23.4. The highest BCUT2D eigenvalue weighted by molar-refractivity contribution is 5.98. The van der Waals surface area contributed by atoms with Crippen molar-refractivity contribution in [2.24, 2.45) is 17.6 Å². The van der Waals surface area contributed by atoms with Crippen LogP contribution < -0.4 is 16.4 Å². The average Bonchev–Trinajstić information content (AvgIpc) is 3.68. The van der Waals surface area contributed by atoms with Crippen LogP contribution in [0.4, 0.5) is 5.69 Å². The highest BCUT2D eigenvalue weighted by Crippen LogP contribution is 2.29. The number of nitrogens with two attached hydrogens (primary N) is 1. The number of H-pyrrole nitrogens is 1. The number of aryl methyl sites for hydroxylation is 1. The molecule has 4 aromatic rings. The SMILES string of the molecule is Cc1ccc(C(=O)N2CCOCC2)cc1-c1ccc(C[C@H](NC(=O)C2CCC(CN)CC2)C(=O)Nc2ccc(-c3nn[nH]n3)cc2)cc1. The van der Waals surface area contributed by atoms with Crippen molar-refractivity contribution < 1.29 is 19.1 Å². The average molecular weight is 651 g/mol. The summed E-state index contributed by atoms with van der Waals surface area (Å²) in [5, 5.41) is 20.0. The highest BCUT2D eigenvalue weighted by Gasteiger charge is 2.29. The van der Waals surface area contributed by atoms with Crippen molar-refractivity contribution in [3.05, 3.63) is 83.4 Å². The molecule has 0 spiro atoms. The number of carbonyl (C=O) groups is 3. The van der Waals surface area contributed by atoms with Gasteiger partial charge in [0.05, 0.1) is 13.2 Å². The Morgan fingerprint density at radius 1 is 0.958 bits per heavy atom. The summed E-state index contributed by atoms with van der Waals surface area (Å²) in [6, 6.07) is 20.1. The van der Waals surface area contributed by atoms with Gasteiger partial charge in [0.25, 0.3) is 5.91 Å². The van der Waals surface area contributed by atoms with Crippen LogP contribution in [-0.4, -0.2) is 82.1 Å². The van der Waals surface area contributed by atoms with Crippen LogP contribution in [0.25, 0.3) is 22.5 Å². The minimum atomic E-state index is -0.788. The Morgan fingerprint density at radius 2 is 1.67 bits per heavy atom. The summed E-state index contributed by atoms with van der Waals surface area (Å²) in [6.07, 6.45) is 3.67. The van der Waals surface area contributed by atoms with Gasteiger partial charge in [-0.15, -0.1) is 10.2 Å². The van der Waals surface area contributed by atoms with Crippen molar-refractivity contribution >= 4 is 23.4 Å². The number of nitrogens with zero attached hydrogens (tertiary/aromatic N) is 4. The Balaban J connectivity index is 1.17. The summed E-state index contributed by atoms with van der Waals surface area (Å²) in [5.41, 5.74) is 11.8. The minimum absolute atomic E-state index is 0.00160. The number of aromatic nitrogens is 4. The highest BCUT2D eigenvalue weighted by atomic mass is 16.5. The van der Waals surface area contributed by atoms with E-state index in [-0.39, 0.29) is 23.6 Å². The van der Waals surface area contributed by atoms with Crippen LogP contribution in [0.5, 0.6) is 0 Å². The fourth-order valence-corrected chi connectivity index (χ4v) is 6.45. The van der Waals surface area contributed by atoms with E-state index in [2.05, 4.69) is 31.3 Å². The second kappa shape index (κ2) is 15.3. The molecule has 1 aromatic heterocycles. The molecule has 2 heterocycles. The number of aromatic amines is 1. The molecule has 2 fully saturated rings. The molecule has 1 atom stereocenters. The zero-order chi connectivity index (χ0) is 33.5. The number of rotatable bonds is 10. The second-order valence-electron chi connectivity index (χ2n) is 12.7. The third kappa shape index (κ3) is 7.95. The topological polar surface area (TPSA) is 168 Å². The third-order valence-electron chi connectivity index (χ3n) is 9.43. The smallest absolute Gasteiger partial charge is 0.254 e. The Hall–Kier alpha value is -4.94. The molecule has 12 heteroatoms. The predicted octanol–water partition coefficient (Wildman–Crippen LogP) is 3.75. The fraction of sp³-hybridized carbons (Fsp3) is 0.389. The summed E-state index contributed by atoms with van der Waals surface area (Å²) >= 11 is 0. The molecular weight excluding hydrogens is 608 g/mol. The largest absolute Gasteiger partial charge is 0.378 e. The van der Waals surface area contributed by atoms with Gasteiger partial charge in [0.15, 0.2) is 0 Å². The first kappa shape index (κ1) is 33.0. The molecule has 1 saturated carbocycles. The van der Waals surface area contributed by atoms with Crippen molar-refractivity contribution in [3.63, 3.8) is 0 Å². The quantitative estimate of drug-likeness (QED) is 0.201. The van der Waals surface area contributed by atoms with E-state index in [4.69, 9.17) is 10.5 Å². The predicted molar refractivity (Wildman–Crippen MR) is 182 cm³/mol. The minimum Gasteiger partial charge on any atom is -0.378 e. The monoisotopic (exact) mass is 650 g/mol. The van der Waals surface area contributed by atoms with Gasteiger partial charge in [-0.3, -0.25) is 14.4 Å². The Kier molecular flexibility index (Phi) is 10.5. The molecule has 3 aromatic carbocycles. The van der Waals surface area contributed by atoms with Crippen LogP contribution in [0.3, 0.4) is 0 Å². The van der Waals surface area contributed by atoms with Crippen LogP contribution in [0.15, 0.2) is 66.7 Å². The number of carbonyl (C=O) groups excluding carboxylic acids is 3. The van der Waals surface area contributed by atoms with Gasteiger partial charge in [-0.2, -0.15) is 5.21 Å². The molecule has 48 heavy (non-hydrogen) atoms. The van der Waals surface area contributed by atoms with Crippen LogP contribution in [0.2, 0.25) is 0 Å². The van der Waals surface area contributed by atoms with E-state index in [1.807, 2.05) is 54.3 Å². The molecule has 0 bridgehead atoms. The summed E-state index contributed by atoms with van der Waals surface area (Å²) in [5.74, 6) is 0.352. The molecule has 2 aliphatic rings. The van der Waals surface area contributed by atoms with Crippen molar-refractivity contribution in [1.29, 1.82) is 0 Å². The lowest BCUT2D eigenvalue weighted by molar-refractivity contribution is -0.130. The van der Waals surface area contributed by atoms with E-state index in [1.165, 1.54) is 0 Å². The first-order valence-corrected chi connectivity index (χ1v) is 16.6. The summed E-state index contributed by atoms with van der Waals surface area (Å²) in [6.45, 7) is 4.93. The Labute approximate surface area is 279 Å². The lowest BCUT2D eigenvalue weighted by Crippen LogP contribution is -2.48. The van der Waals surface area contributed by atoms with E-state index in [1.54, 1.807) is 24.3 Å². The van der Waals surface area contributed by atoms with Crippen molar-refractivity contribution in [3.8, 4) is 22.5 Å². The van der Waals surface area contributed by atoms with E-state index in [0.29, 0.717) is 62.3 Å². The van der Waals surface area contributed by atoms with Gasteiger partial charge >= 0.3 is 0 Å². The Morgan fingerprint density at radius 3 is 2.33 bits per heavy atom. The molecule has 6 rings (SSSR count). The maximum absolute atomic E-state index is 13.7. The zero-order valence-electron chi connectivity index (χ0n) is 27.2. The van der Waals surface area contributed by atoms with Crippen LogP contribution in [0.1, 0.15) is 47.2 Å². The number of nitrogens with one attached hydrogen (secondary N) is 3. The number of benzene rings is 3. The molecule has 1 aliphatic heterocycles. The molecule has 0 radical (unpaired) electrons. The number of tetrazole rings is 1. The number of morpholine rings is 1. The maximum Gasteiger partial charge on any atom is 0.254 e. The van der Waals surface area contributed by atoms with Gasteiger partial charge in [-0.05, 0) is 109 Å². The van der Waals surface area contributed by atoms with Gasteiger partial charge in [0, 0.05) is 42.2 Å². The van der Waals surface area contributed by atoms with Crippen molar-refractivity contribution in [2.45, 2.75) is 45.1 Å². The molecule has 3 amide bonds. The van der Waals surface area contributed by atoms with Gasteiger partial charge in [-0.1, -0.05) is 30.3 Å². The van der Waals surface area contributed by atoms with E-state index >= 15 is 0 Å². The van der Waals surface area contributed by atoms with Crippen molar-refractivity contribution in [1.82, 2.24) is 30.8 Å². The van der Waals surface area contributed by atoms with Gasteiger partial charge in [0.1, 0.15) is 6.04 Å². The molecule has 1 saturated heterocycles. The van der Waals surface area contributed by atoms with E-state index in [0.717, 1.165) is 53.5 Å². The first-order valence-electron chi connectivity index (χ1n) is 16.6. The van der Waals surface area contributed by atoms with E-state index < -0.39 is 6.04 Å². The summed E-state index contributed by atoms with van der Waals surface area (Å²) < 4.78 is 5.40. The van der Waals surface area contributed by atoms with Gasteiger partial charge < -0.3 is 26.0 Å². The van der Waals surface area contributed by atoms with E-state index in [9.17, 15) is 14.4 Å². The normalized spacial score (nSPS) is 18.6. The molecular formula is C36H42N8O4. The van der Waals surface area contributed by atoms with Crippen molar-refractivity contribution in [2.75, 3.05) is 38.2 Å². The number of anilines is 1. The lowest BCUT2D eigenvalue weighted by Gasteiger charge is -2.28. The number of ether oxygens (including phenoxy) is 1. The number of hydrogen-bond acceptors (Lipinski definition) is 8. The van der Waals surface area contributed by atoms with Crippen LogP contribution >= 0.6 is 0 Å². The zero-order valence-corrected chi connectivity index (χ0v) is 27.2. The molecule has 12 nitrogen and oxygen atoms in total. The van der Waals surface area contributed by atoms with Crippen LogP contribution in [-0.2, 0) is 20.7 Å². The van der Waals surface area contributed by atoms with Crippen LogP contribution in [0, 0.1) is 18.8 Å². The molecule has 250 valence electrons. The van der Waals surface area contributed by atoms with Gasteiger partial charge in [-0.25, -0.2) is 0 Å². The molecule has 0 unspecified atom stereocenters. The standard InChI is InChI=1S/C36H42N8O4/c1-23-2-7-29(36(47)44-16-18-48-19-17-44)21-31(23)26-8-3-24(4-9-26)20-32(39-34(45)28-10-5-25(22-37)6-11-28)35(46)38-30-14-12-27(13-15-30)33-40-42-43-41-33/h2-4,7-9,12-15,21,25,28,32H,5-6,10-11,16-20,22,37H2,1H3,(H,38,46)(H,39,45)(H,40,41,42,43)/t25?,28?,32-/m0/s1. The summed E-state index contributed by atoms with van der Waals surface area (Å²) in [7, 11) is 0. The summed E-state index contributed by atoms with van der Waals surface area (Å²) in [4.78, 5) is 42.1. The lowest BCUT2D eigenvalue weighted by atomic mass is 9.81. The number of hydrogen-bond donors (Lipinski definition) is 4.